The molecular formula is C18H28FIN4O2. The van der Waals surface area contributed by atoms with E-state index in [9.17, 15) is 9.18 Å². The molecule has 26 heavy (non-hydrogen) atoms. The van der Waals surface area contributed by atoms with E-state index in [-0.39, 0.29) is 48.3 Å². The van der Waals surface area contributed by atoms with Crippen molar-refractivity contribution in [2.45, 2.75) is 45.3 Å². The number of carbonyl (C=O) groups excluding carboxylic acids is 1. The van der Waals surface area contributed by atoms with Gasteiger partial charge in [0.25, 0.3) is 0 Å². The predicted molar refractivity (Wildman–Crippen MR) is 112 cm³/mol. The molecule has 1 aliphatic rings. The maximum atomic E-state index is 13.2. The fourth-order valence-corrected chi connectivity index (χ4v) is 2.21. The summed E-state index contributed by atoms with van der Waals surface area (Å²) in [5, 5.41) is 9.18. The van der Waals surface area contributed by atoms with Gasteiger partial charge in [-0.15, -0.1) is 24.0 Å². The van der Waals surface area contributed by atoms with Gasteiger partial charge in [-0.05, 0) is 38.3 Å². The van der Waals surface area contributed by atoms with E-state index >= 15 is 0 Å². The summed E-state index contributed by atoms with van der Waals surface area (Å²) >= 11 is 0. The molecule has 1 atom stereocenters. The Balaban J connectivity index is 0.00000338. The minimum Gasteiger partial charge on any atom is -0.489 e. The summed E-state index contributed by atoms with van der Waals surface area (Å²) < 4.78 is 19.0. The molecule has 0 saturated heterocycles. The van der Waals surface area contributed by atoms with Gasteiger partial charge < -0.3 is 20.7 Å². The van der Waals surface area contributed by atoms with Crippen molar-refractivity contribution in [1.29, 1.82) is 0 Å². The Morgan fingerprint density at radius 1 is 1.35 bits per heavy atom. The van der Waals surface area contributed by atoms with Crippen LogP contribution in [-0.2, 0) is 4.79 Å². The van der Waals surface area contributed by atoms with E-state index in [1.54, 1.807) is 12.1 Å². The van der Waals surface area contributed by atoms with Gasteiger partial charge in [0.05, 0.1) is 6.54 Å². The lowest BCUT2D eigenvalue weighted by molar-refractivity contribution is -0.119. The van der Waals surface area contributed by atoms with Crippen molar-refractivity contribution in [1.82, 2.24) is 16.0 Å². The van der Waals surface area contributed by atoms with Crippen molar-refractivity contribution < 1.29 is 13.9 Å². The highest BCUT2D eigenvalue weighted by Gasteiger charge is 2.22. The van der Waals surface area contributed by atoms with E-state index in [4.69, 9.17) is 4.74 Å². The molecule has 0 bridgehead atoms. The van der Waals surface area contributed by atoms with Crippen LogP contribution in [0.1, 0.15) is 33.1 Å². The SMILES string of the molecule is CCNC(=NCC(=O)NC1CC1)NCC(CC)Oc1cccc(F)c1.I. The Morgan fingerprint density at radius 2 is 2.12 bits per heavy atom. The van der Waals surface area contributed by atoms with Crippen molar-refractivity contribution in [3.8, 4) is 5.75 Å². The number of amides is 1. The summed E-state index contributed by atoms with van der Waals surface area (Å²) in [5.74, 6) is 0.675. The highest BCUT2D eigenvalue weighted by Crippen LogP contribution is 2.18. The quantitative estimate of drug-likeness (QED) is 0.290. The van der Waals surface area contributed by atoms with Crippen LogP contribution in [0.25, 0.3) is 0 Å². The van der Waals surface area contributed by atoms with Crippen LogP contribution in [-0.4, -0.2) is 43.6 Å². The summed E-state index contributed by atoms with van der Waals surface area (Å²) in [4.78, 5) is 16.0. The Hall–Kier alpha value is -1.58. The van der Waals surface area contributed by atoms with Gasteiger partial charge in [0.1, 0.15) is 24.2 Å². The van der Waals surface area contributed by atoms with Gasteiger partial charge in [0.2, 0.25) is 5.91 Å². The van der Waals surface area contributed by atoms with Gasteiger partial charge in [0, 0.05) is 18.7 Å². The average Bonchev–Trinajstić information content (AvgIpc) is 3.40. The first-order valence-electron chi connectivity index (χ1n) is 8.84. The van der Waals surface area contributed by atoms with Crippen LogP contribution in [0.2, 0.25) is 0 Å². The van der Waals surface area contributed by atoms with Gasteiger partial charge >= 0.3 is 0 Å². The van der Waals surface area contributed by atoms with Crippen LogP contribution in [0, 0.1) is 5.82 Å². The molecule has 0 aliphatic heterocycles. The molecule has 1 amide bonds. The van der Waals surface area contributed by atoms with E-state index in [0.29, 0.717) is 30.8 Å². The number of guanidine groups is 1. The van der Waals surface area contributed by atoms with E-state index in [2.05, 4.69) is 20.9 Å². The third-order valence-corrected chi connectivity index (χ3v) is 3.72. The lowest BCUT2D eigenvalue weighted by Crippen LogP contribution is -2.43. The largest absolute Gasteiger partial charge is 0.489 e. The molecule has 1 unspecified atom stereocenters. The molecule has 6 nitrogen and oxygen atoms in total. The highest BCUT2D eigenvalue weighted by molar-refractivity contribution is 14.0. The number of halogens is 2. The zero-order chi connectivity index (χ0) is 18.1. The summed E-state index contributed by atoms with van der Waals surface area (Å²) in [6.07, 6.45) is 2.74. The molecule has 0 radical (unpaired) electrons. The molecule has 8 heteroatoms. The van der Waals surface area contributed by atoms with Gasteiger partial charge in [-0.3, -0.25) is 4.79 Å². The maximum Gasteiger partial charge on any atom is 0.242 e. The van der Waals surface area contributed by atoms with Crippen LogP contribution < -0.4 is 20.7 Å². The first-order chi connectivity index (χ1) is 12.1. The lowest BCUT2D eigenvalue weighted by Gasteiger charge is -2.20. The number of nitrogens with one attached hydrogen (secondary N) is 3. The van der Waals surface area contributed by atoms with Crippen molar-refractivity contribution >= 4 is 35.8 Å². The average molecular weight is 478 g/mol. The molecule has 1 aliphatic carbocycles. The van der Waals surface area contributed by atoms with Crippen molar-refractivity contribution in [3.05, 3.63) is 30.1 Å². The predicted octanol–water partition coefficient (Wildman–Crippen LogP) is 2.43. The number of hydrogen-bond acceptors (Lipinski definition) is 3. The Morgan fingerprint density at radius 3 is 2.73 bits per heavy atom. The molecule has 1 saturated carbocycles. The second-order valence-electron chi connectivity index (χ2n) is 6.02. The summed E-state index contributed by atoms with van der Waals surface area (Å²) in [5.41, 5.74) is 0. The van der Waals surface area contributed by atoms with Crippen LogP contribution in [0.3, 0.4) is 0 Å². The molecule has 1 aromatic rings. The number of aliphatic imine (C=N–C) groups is 1. The molecule has 0 heterocycles. The van der Waals surface area contributed by atoms with Gasteiger partial charge in [0.15, 0.2) is 5.96 Å². The third-order valence-electron chi connectivity index (χ3n) is 3.72. The van der Waals surface area contributed by atoms with E-state index < -0.39 is 0 Å². The molecule has 3 N–H and O–H groups in total. The molecule has 1 fully saturated rings. The van der Waals surface area contributed by atoms with Crippen molar-refractivity contribution in [3.63, 3.8) is 0 Å². The van der Waals surface area contributed by atoms with E-state index in [1.807, 2.05) is 13.8 Å². The second kappa shape index (κ2) is 11.9. The number of hydrogen-bond donors (Lipinski definition) is 3. The molecule has 146 valence electrons. The normalized spacial score (nSPS) is 14.8. The second-order valence-corrected chi connectivity index (χ2v) is 6.02. The monoisotopic (exact) mass is 478 g/mol. The molecule has 2 rings (SSSR count). The molecule has 1 aromatic carbocycles. The zero-order valence-electron chi connectivity index (χ0n) is 15.3. The first kappa shape index (κ1) is 22.5. The number of carbonyl (C=O) groups is 1. The standard InChI is InChI=1S/C18H27FN4O2.HI/c1-3-15(25-16-7-5-6-13(19)10-16)11-21-18(20-4-2)22-12-17(24)23-14-8-9-14;/h5-7,10,14-15H,3-4,8-9,11-12H2,1-2H3,(H,23,24)(H2,20,21,22);1H. The Bertz CT molecular complexity index is 596. The molecular weight excluding hydrogens is 450 g/mol. The third kappa shape index (κ3) is 8.68. The van der Waals surface area contributed by atoms with Crippen LogP contribution in [0.15, 0.2) is 29.3 Å². The Labute approximate surface area is 171 Å². The Kier molecular flexibility index (Phi) is 10.3. The van der Waals surface area contributed by atoms with Crippen LogP contribution in [0.4, 0.5) is 4.39 Å². The van der Waals surface area contributed by atoms with Crippen molar-refractivity contribution in [2.75, 3.05) is 19.6 Å². The number of rotatable bonds is 9. The minimum atomic E-state index is -0.322. The zero-order valence-corrected chi connectivity index (χ0v) is 17.6. The van der Waals surface area contributed by atoms with Crippen LogP contribution >= 0.6 is 24.0 Å². The fraction of sp³-hybridized carbons (Fsp3) is 0.556. The van der Waals surface area contributed by atoms with Gasteiger partial charge in [-0.2, -0.15) is 0 Å². The summed E-state index contributed by atoms with van der Waals surface area (Å²) in [7, 11) is 0. The van der Waals surface area contributed by atoms with E-state index in [1.165, 1.54) is 12.1 Å². The number of ether oxygens (including phenoxy) is 1. The maximum absolute atomic E-state index is 13.2. The van der Waals surface area contributed by atoms with Crippen molar-refractivity contribution in [2.24, 2.45) is 4.99 Å². The summed E-state index contributed by atoms with van der Waals surface area (Å²) in [6.45, 7) is 5.24. The van der Waals surface area contributed by atoms with Gasteiger partial charge in [-0.25, -0.2) is 9.38 Å². The fourth-order valence-electron chi connectivity index (χ4n) is 2.21. The molecule has 0 aromatic heterocycles. The minimum absolute atomic E-state index is 0. The van der Waals surface area contributed by atoms with Gasteiger partial charge in [-0.1, -0.05) is 13.0 Å². The number of benzene rings is 1. The van der Waals surface area contributed by atoms with Crippen LogP contribution in [0.5, 0.6) is 5.75 Å². The number of nitrogens with zero attached hydrogens (tertiary/aromatic N) is 1. The topological polar surface area (TPSA) is 74.8 Å². The smallest absolute Gasteiger partial charge is 0.242 e. The summed E-state index contributed by atoms with van der Waals surface area (Å²) in [6, 6.07) is 6.43. The highest BCUT2D eigenvalue weighted by atomic mass is 127. The lowest BCUT2D eigenvalue weighted by atomic mass is 10.2. The molecule has 0 spiro atoms. The first-order valence-corrected chi connectivity index (χ1v) is 8.84. The van der Waals surface area contributed by atoms with E-state index in [0.717, 1.165) is 19.3 Å².